The predicted molar refractivity (Wildman–Crippen MR) is 120 cm³/mol. The fraction of sp³-hybridized carbons (Fsp3) is 0.381. The van der Waals surface area contributed by atoms with E-state index in [1.54, 1.807) is 13.4 Å². The number of nitrogens with zero attached hydrogens (tertiary/aromatic N) is 4. The van der Waals surface area contributed by atoms with Crippen molar-refractivity contribution in [2.75, 3.05) is 26.4 Å². The van der Waals surface area contributed by atoms with Crippen LogP contribution in [0.3, 0.4) is 0 Å². The summed E-state index contributed by atoms with van der Waals surface area (Å²) >= 11 is 7.27. The summed E-state index contributed by atoms with van der Waals surface area (Å²) in [6.07, 6.45) is -1.88. The third-order valence-electron chi connectivity index (χ3n) is 4.50. The number of aryl methyl sites for hydroxylation is 2. The van der Waals surface area contributed by atoms with Gasteiger partial charge in [-0.2, -0.15) is 13.2 Å². The number of aliphatic imine (C=N–C) groups is 2. The van der Waals surface area contributed by atoms with E-state index in [4.69, 9.17) is 11.6 Å². The van der Waals surface area contributed by atoms with Crippen molar-refractivity contribution in [1.82, 2.24) is 9.88 Å². The van der Waals surface area contributed by atoms with Crippen molar-refractivity contribution in [1.29, 1.82) is 0 Å². The summed E-state index contributed by atoms with van der Waals surface area (Å²) in [6, 6.07) is 4.93. The molecule has 9 heteroatoms. The monoisotopic (exact) mass is 456 g/mol. The Morgan fingerprint density at radius 2 is 1.93 bits per heavy atom. The minimum atomic E-state index is -4.47. The molecule has 4 nitrogen and oxygen atoms in total. The SMILES string of the molecule is CCN(C)C=Nc1cc(C)c(C(CSc2ncc(C(F)(F)F)cc2Cl)=NC)cc1C. The lowest BCUT2D eigenvalue weighted by Gasteiger charge is -2.14. The van der Waals surface area contributed by atoms with E-state index in [1.165, 1.54) is 11.8 Å². The maximum atomic E-state index is 12.8. The fourth-order valence-corrected chi connectivity index (χ4v) is 3.79. The van der Waals surface area contributed by atoms with Crippen LogP contribution in [0, 0.1) is 13.8 Å². The zero-order valence-corrected chi connectivity index (χ0v) is 19.1. The Hall–Kier alpha value is -2.06. The van der Waals surface area contributed by atoms with Crippen LogP contribution < -0.4 is 0 Å². The molecular formula is C21H24ClF3N4S. The number of hydrogen-bond donors (Lipinski definition) is 0. The summed E-state index contributed by atoms with van der Waals surface area (Å²) in [5, 5.41) is 0.312. The molecule has 0 radical (unpaired) electrons. The van der Waals surface area contributed by atoms with Gasteiger partial charge in [0.2, 0.25) is 0 Å². The first kappa shape index (κ1) is 24.2. The molecule has 0 aliphatic rings. The number of benzene rings is 1. The van der Waals surface area contributed by atoms with Gasteiger partial charge in [0, 0.05) is 32.6 Å². The maximum absolute atomic E-state index is 12.8. The Kier molecular flexibility index (Phi) is 8.32. The summed E-state index contributed by atoms with van der Waals surface area (Å²) in [5.41, 5.74) is 3.81. The van der Waals surface area contributed by atoms with Crippen molar-refractivity contribution in [2.45, 2.75) is 32.0 Å². The van der Waals surface area contributed by atoms with Gasteiger partial charge in [-0.05, 0) is 55.7 Å². The number of rotatable bonds is 7. The van der Waals surface area contributed by atoms with Crippen molar-refractivity contribution in [3.63, 3.8) is 0 Å². The van der Waals surface area contributed by atoms with Gasteiger partial charge in [-0.1, -0.05) is 23.4 Å². The van der Waals surface area contributed by atoms with Crippen LogP contribution in [0.2, 0.25) is 5.02 Å². The highest BCUT2D eigenvalue weighted by Gasteiger charge is 2.31. The first-order valence-electron chi connectivity index (χ1n) is 9.24. The van der Waals surface area contributed by atoms with Crippen LogP contribution in [0.5, 0.6) is 0 Å². The van der Waals surface area contributed by atoms with Crippen molar-refractivity contribution in [3.05, 3.63) is 51.7 Å². The number of pyridine rings is 1. The molecule has 30 heavy (non-hydrogen) atoms. The van der Waals surface area contributed by atoms with Crippen LogP contribution >= 0.6 is 23.4 Å². The Bertz CT molecular complexity index is 958. The van der Waals surface area contributed by atoms with Crippen LogP contribution in [0.15, 0.2) is 39.4 Å². The zero-order valence-electron chi connectivity index (χ0n) is 17.5. The molecule has 0 bridgehead atoms. The van der Waals surface area contributed by atoms with E-state index in [2.05, 4.69) is 15.0 Å². The van der Waals surface area contributed by atoms with E-state index in [9.17, 15) is 13.2 Å². The molecule has 0 N–H and O–H groups in total. The second-order valence-electron chi connectivity index (χ2n) is 6.74. The average Bonchev–Trinajstić information content (AvgIpc) is 2.69. The van der Waals surface area contributed by atoms with Gasteiger partial charge in [0.05, 0.1) is 28.3 Å². The Morgan fingerprint density at radius 1 is 1.23 bits per heavy atom. The highest BCUT2D eigenvalue weighted by atomic mass is 35.5. The third-order valence-corrected chi connectivity index (χ3v) is 5.91. The summed E-state index contributed by atoms with van der Waals surface area (Å²) in [4.78, 5) is 14.8. The van der Waals surface area contributed by atoms with Gasteiger partial charge in [-0.25, -0.2) is 9.98 Å². The number of alkyl halides is 3. The van der Waals surface area contributed by atoms with Gasteiger partial charge in [-0.15, -0.1) is 0 Å². The highest BCUT2D eigenvalue weighted by Crippen LogP contribution is 2.34. The van der Waals surface area contributed by atoms with Crippen LogP contribution in [-0.4, -0.2) is 48.3 Å². The van der Waals surface area contributed by atoms with E-state index in [1.807, 2.05) is 44.9 Å². The standard InChI is InChI=1S/C21H24ClF3N4S/c1-6-29(5)12-28-18-8-13(2)16(7-14(18)3)19(26-4)11-30-20-17(22)9-15(10-27-20)21(23,24)25/h7-10,12H,6,11H2,1-5H3. The second-order valence-corrected chi connectivity index (χ2v) is 8.11. The van der Waals surface area contributed by atoms with Gasteiger partial charge < -0.3 is 4.90 Å². The molecule has 2 rings (SSSR count). The summed E-state index contributed by atoms with van der Waals surface area (Å²) in [6.45, 7) is 6.88. The van der Waals surface area contributed by atoms with Crippen LogP contribution in [0.25, 0.3) is 0 Å². The van der Waals surface area contributed by atoms with E-state index in [0.29, 0.717) is 10.8 Å². The predicted octanol–water partition coefficient (Wildman–Crippen LogP) is 6.19. The zero-order chi connectivity index (χ0) is 22.5. The summed E-state index contributed by atoms with van der Waals surface area (Å²) in [7, 11) is 3.65. The number of thioether (sulfide) groups is 1. The van der Waals surface area contributed by atoms with Gasteiger partial charge in [0.25, 0.3) is 0 Å². The molecule has 0 saturated heterocycles. The molecule has 0 unspecified atom stereocenters. The van der Waals surface area contributed by atoms with Crippen molar-refractivity contribution in [2.24, 2.45) is 9.98 Å². The minimum Gasteiger partial charge on any atom is -0.366 e. The van der Waals surface area contributed by atoms with Crippen LogP contribution in [0.4, 0.5) is 18.9 Å². The molecule has 162 valence electrons. The Labute approximate surface area is 184 Å². The molecule has 2 aromatic rings. The van der Waals surface area contributed by atoms with Crippen molar-refractivity contribution < 1.29 is 13.2 Å². The van der Waals surface area contributed by atoms with Gasteiger partial charge in [0.15, 0.2) is 0 Å². The van der Waals surface area contributed by atoms with E-state index < -0.39 is 11.7 Å². The molecular weight excluding hydrogens is 433 g/mol. The molecule has 1 aromatic carbocycles. The number of aromatic nitrogens is 1. The van der Waals surface area contributed by atoms with Crippen molar-refractivity contribution >= 4 is 41.1 Å². The first-order valence-corrected chi connectivity index (χ1v) is 10.6. The largest absolute Gasteiger partial charge is 0.417 e. The molecule has 0 spiro atoms. The lowest BCUT2D eigenvalue weighted by atomic mass is 10.0. The van der Waals surface area contributed by atoms with Crippen LogP contribution in [0.1, 0.15) is 29.2 Å². The van der Waals surface area contributed by atoms with Gasteiger partial charge in [-0.3, -0.25) is 4.99 Å². The third kappa shape index (κ3) is 6.22. The van der Waals surface area contributed by atoms with E-state index in [-0.39, 0.29) is 5.02 Å². The lowest BCUT2D eigenvalue weighted by molar-refractivity contribution is -0.137. The van der Waals surface area contributed by atoms with E-state index >= 15 is 0 Å². The Morgan fingerprint density at radius 3 is 2.50 bits per heavy atom. The first-order chi connectivity index (χ1) is 14.1. The summed E-state index contributed by atoms with van der Waals surface area (Å²) in [5.74, 6) is 0.427. The molecule has 1 heterocycles. The highest BCUT2D eigenvalue weighted by molar-refractivity contribution is 8.00. The minimum absolute atomic E-state index is 0.0251. The Balaban J connectivity index is 2.21. The van der Waals surface area contributed by atoms with Crippen molar-refractivity contribution in [3.8, 4) is 0 Å². The fourth-order valence-electron chi connectivity index (χ4n) is 2.58. The second kappa shape index (κ2) is 10.3. The molecule has 0 aliphatic heterocycles. The van der Waals surface area contributed by atoms with Gasteiger partial charge >= 0.3 is 6.18 Å². The molecule has 1 aromatic heterocycles. The normalized spacial score (nSPS) is 12.6. The quantitative estimate of drug-likeness (QED) is 0.283. The number of halogens is 4. The lowest BCUT2D eigenvalue weighted by Crippen LogP contribution is -2.14. The summed E-state index contributed by atoms with van der Waals surface area (Å²) < 4.78 is 38.4. The number of hydrogen-bond acceptors (Lipinski definition) is 4. The maximum Gasteiger partial charge on any atom is 0.417 e. The molecule has 0 fully saturated rings. The van der Waals surface area contributed by atoms with E-state index in [0.717, 1.165) is 46.9 Å². The van der Waals surface area contributed by atoms with Gasteiger partial charge in [0.1, 0.15) is 5.03 Å². The molecule has 0 saturated carbocycles. The molecule has 0 aliphatic carbocycles. The van der Waals surface area contributed by atoms with Crippen LogP contribution in [-0.2, 0) is 6.18 Å². The average molecular weight is 457 g/mol. The molecule has 0 atom stereocenters. The topological polar surface area (TPSA) is 40.9 Å². The molecule has 0 amide bonds. The smallest absolute Gasteiger partial charge is 0.366 e.